The maximum Gasteiger partial charge on any atom is 0.255 e. The van der Waals surface area contributed by atoms with Crippen LogP contribution in [0.5, 0.6) is 5.75 Å². The van der Waals surface area contributed by atoms with E-state index in [9.17, 15) is 9.90 Å². The standard InChI is InChI=1S/C12H18N2O3/c1-12(2,4-6-15)8-14-11(17)9-3-5-13-7-10(9)16/h3,5,7,15-16H,4,6,8H2,1-2H3,(H,14,17). The highest BCUT2D eigenvalue weighted by molar-refractivity contribution is 5.96. The van der Waals surface area contributed by atoms with Crippen LogP contribution in [0.25, 0.3) is 0 Å². The Morgan fingerprint density at radius 1 is 1.53 bits per heavy atom. The van der Waals surface area contributed by atoms with Crippen molar-refractivity contribution in [3.05, 3.63) is 24.0 Å². The second kappa shape index (κ2) is 5.63. The summed E-state index contributed by atoms with van der Waals surface area (Å²) in [7, 11) is 0. The van der Waals surface area contributed by atoms with Crippen molar-refractivity contribution in [1.29, 1.82) is 0 Å². The van der Waals surface area contributed by atoms with Crippen LogP contribution >= 0.6 is 0 Å². The van der Waals surface area contributed by atoms with E-state index in [0.29, 0.717) is 13.0 Å². The van der Waals surface area contributed by atoms with E-state index in [1.165, 1.54) is 18.5 Å². The Morgan fingerprint density at radius 2 is 2.24 bits per heavy atom. The summed E-state index contributed by atoms with van der Waals surface area (Å²) >= 11 is 0. The number of nitrogens with zero attached hydrogens (tertiary/aromatic N) is 1. The van der Waals surface area contributed by atoms with Gasteiger partial charge < -0.3 is 15.5 Å². The van der Waals surface area contributed by atoms with E-state index < -0.39 is 0 Å². The zero-order chi connectivity index (χ0) is 12.9. The summed E-state index contributed by atoms with van der Waals surface area (Å²) in [5.74, 6) is -0.471. The monoisotopic (exact) mass is 238 g/mol. The van der Waals surface area contributed by atoms with Gasteiger partial charge in [-0.1, -0.05) is 13.8 Å². The minimum absolute atomic E-state index is 0.0867. The molecular weight excluding hydrogens is 220 g/mol. The first-order valence-corrected chi connectivity index (χ1v) is 5.48. The summed E-state index contributed by atoms with van der Waals surface area (Å²) in [6, 6.07) is 1.46. The zero-order valence-corrected chi connectivity index (χ0v) is 10.1. The lowest BCUT2D eigenvalue weighted by Crippen LogP contribution is -2.34. The maximum absolute atomic E-state index is 11.8. The van der Waals surface area contributed by atoms with Gasteiger partial charge in [-0.3, -0.25) is 9.78 Å². The Bertz CT molecular complexity index is 391. The number of carbonyl (C=O) groups excluding carboxylic acids is 1. The molecule has 3 N–H and O–H groups in total. The minimum Gasteiger partial charge on any atom is -0.505 e. The van der Waals surface area contributed by atoms with Gasteiger partial charge in [0.05, 0.1) is 11.8 Å². The van der Waals surface area contributed by atoms with E-state index in [-0.39, 0.29) is 29.2 Å². The quantitative estimate of drug-likeness (QED) is 0.712. The fourth-order valence-corrected chi connectivity index (χ4v) is 1.38. The van der Waals surface area contributed by atoms with Crippen LogP contribution in [0.4, 0.5) is 0 Å². The van der Waals surface area contributed by atoms with E-state index in [4.69, 9.17) is 5.11 Å². The molecule has 1 aromatic heterocycles. The van der Waals surface area contributed by atoms with Crippen molar-refractivity contribution < 1.29 is 15.0 Å². The molecule has 0 fully saturated rings. The Hall–Kier alpha value is -1.62. The molecule has 0 spiro atoms. The van der Waals surface area contributed by atoms with Gasteiger partial charge in [0.25, 0.3) is 5.91 Å². The molecular formula is C12H18N2O3. The van der Waals surface area contributed by atoms with Gasteiger partial charge >= 0.3 is 0 Å². The molecule has 0 unspecified atom stereocenters. The van der Waals surface area contributed by atoms with Gasteiger partial charge in [-0.25, -0.2) is 0 Å². The van der Waals surface area contributed by atoms with Crippen molar-refractivity contribution in [2.75, 3.05) is 13.2 Å². The van der Waals surface area contributed by atoms with Gasteiger partial charge in [0.2, 0.25) is 0 Å². The lowest BCUT2D eigenvalue weighted by atomic mass is 9.89. The Balaban J connectivity index is 2.59. The van der Waals surface area contributed by atoms with Crippen LogP contribution in [0, 0.1) is 5.41 Å². The van der Waals surface area contributed by atoms with Gasteiger partial charge in [-0.2, -0.15) is 0 Å². The third kappa shape index (κ3) is 4.03. The third-order valence-corrected chi connectivity index (χ3v) is 2.56. The summed E-state index contributed by atoms with van der Waals surface area (Å²) in [6.45, 7) is 4.43. The summed E-state index contributed by atoms with van der Waals surface area (Å²) in [5.41, 5.74) is 0.0346. The summed E-state index contributed by atoms with van der Waals surface area (Å²) in [6.07, 6.45) is 3.29. The average molecular weight is 238 g/mol. The highest BCUT2D eigenvalue weighted by Gasteiger charge is 2.19. The molecule has 0 aliphatic rings. The second-order valence-electron chi connectivity index (χ2n) is 4.71. The first-order valence-electron chi connectivity index (χ1n) is 5.48. The molecule has 94 valence electrons. The van der Waals surface area contributed by atoms with Gasteiger partial charge in [0.1, 0.15) is 5.75 Å². The first-order chi connectivity index (χ1) is 7.96. The van der Waals surface area contributed by atoms with Crippen molar-refractivity contribution in [3.8, 4) is 5.75 Å². The number of nitrogens with one attached hydrogen (secondary N) is 1. The number of aromatic hydroxyl groups is 1. The Labute approximate surface area is 101 Å². The third-order valence-electron chi connectivity index (χ3n) is 2.56. The van der Waals surface area contributed by atoms with Crippen molar-refractivity contribution in [2.24, 2.45) is 5.41 Å². The molecule has 17 heavy (non-hydrogen) atoms. The normalized spacial score (nSPS) is 11.2. The topological polar surface area (TPSA) is 82.5 Å². The smallest absolute Gasteiger partial charge is 0.255 e. The van der Waals surface area contributed by atoms with E-state index in [1.807, 2.05) is 13.8 Å². The average Bonchev–Trinajstić information content (AvgIpc) is 2.27. The Kier molecular flexibility index (Phi) is 4.45. The first kappa shape index (κ1) is 13.4. The molecule has 0 bridgehead atoms. The molecule has 1 amide bonds. The molecule has 0 atom stereocenters. The van der Waals surface area contributed by atoms with Crippen molar-refractivity contribution in [2.45, 2.75) is 20.3 Å². The van der Waals surface area contributed by atoms with Crippen molar-refractivity contribution >= 4 is 5.91 Å². The van der Waals surface area contributed by atoms with E-state index in [0.717, 1.165) is 0 Å². The number of aliphatic hydroxyl groups is 1. The highest BCUT2D eigenvalue weighted by atomic mass is 16.3. The van der Waals surface area contributed by atoms with Crippen LogP contribution in [0.15, 0.2) is 18.5 Å². The SMILES string of the molecule is CC(C)(CCO)CNC(=O)c1ccncc1O. The largest absolute Gasteiger partial charge is 0.505 e. The van der Waals surface area contributed by atoms with Crippen LogP contribution < -0.4 is 5.32 Å². The fourth-order valence-electron chi connectivity index (χ4n) is 1.38. The number of hydrogen-bond acceptors (Lipinski definition) is 4. The zero-order valence-electron chi connectivity index (χ0n) is 10.1. The molecule has 0 radical (unpaired) electrons. The molecule has 5 nitrogen and oxygen atoms in total. The number of aliphatic hydroxyl groups excluding tert-OH is 1. The molecule has 1 aromatic rings. The summed E-state index contributed by atoms with van der Waals surface area (Å²) in [5, 5.41) is 21.0. The van der Waals surface area contributed by atoms with Gasteiger partial charge in [-0.05, 0) is 17.9 Å². The maximum atomic E-state index is 11.8. The van der Waals surface area contributed by atoms with E-state index in [2.05, 4.69) is 10.3 Å². The number of carbonyl (C=O) groups is 1. The molecule has 1 rings (SSSR count). The van der Waals surface area contributed by atoms with Crippen LogP contribution in [-0.2, 0) is 0 Å². The Morgan fingerprint density at radius 3 is 2.82 bits per heavy atom. The highest BCUT2D eigenvalue weighted by Crippen LogP contribution is 2.19. The number of pyridine rings is 1. The predicted molar refractivity (Wildman–Crippen MR) is 63.7 cm³/mol. The van der Waals surface area contributed by atoms with Gasteiger partial charge in [-0.15, -0.1) is 0 Å². The van der Waals surface area contributed by atoms with Crippen LogP contribution in [0.2, 0.25) is 0 Å². The van der Waals surface area contributed by atoms with Crippen LogP contribution in [0.1, 0.15) is 30.6 Å². The number of aromatic nitrogens is 1. The minimum atomic E-state index is -0.337. The molecule has 0 aliphatic carbocycles. The van der Waals surface area contributed by atoms with Crippen LogP contribution in [0.3, 0.4) is 0 Å². The number of hydrogen-bond donors (Lipinski definition) is 3. The predicted octanol–water partition coefficient (Wildman–Crippen LogP) is 0.926. The fraction of sp³-hybridized carbons (Fsp3) is 0.500. The molecule has 0 aliphatic heterocycles. The van der Waals surface area contributed by atoms with Crippen molar-refractivity contribution in [3.63, 3.8) is 0 Å². The molecule has 0 saturated heterocycles. The van der Waals surface area contributed by atoms with Crippen LogP contribution in [-0.4, -0.2) is 34.3 Å². The summed E-state index contributed by atoms with van der Waals surface area (Å²) in [4.78, 5) is 15.5. The molecule has 5 heteroatoms. The summed E-state index contributed by atoms with van der Waals surface area (Å²) < 4.78 is 0. The van der Waals surface area contributed by atoms with E-state index in [1.54, 1.807) is 0 Å². The van der Waals surface area contributed by atoms with Gasteiger partial charge in [0.15, 0.2) is 0 Å². The van der Waals surface area contributed by atoms with Crippen molar-refractivity contribution in [1.82, 2.24) is 10.3 Å². The lowest BCUT2D eigenvalue weighted by Gasteiger charge is -2.23. The lowest BCUT2D eigenvalue weighted by molar-refractivity contribution is 0.0925. The second-order valence-corrected chi connectivity index (χ2v) is 4.71. The molecule has 0 aromatic carbocycles. The number of amides is 1. The van der Waals surface area contributed by atoms with Gasteiger partial charge in [0, 0.05) is 19.3 Å². The number of rotatable bonds is 5. The van der Waals surface area contributed by atoms with E-state index >= 15 is 0 Å². The molecule has 1 heterocycles. The molecule has 0 saturated carbocycles.